The molecule has 0 spiro atoms. The van der Waals surface area contributed by atoms with Gasteiger partial charge in [-0.2, -0.15) is 9.97 Å². The summed E-state index contributed by atoms with van der Waals surface area (Å²) in [6.45, 7) is -0.309. The number of hydrogen-bond acceptors (Lipinski definition) is 6. The van der Waals surface area contributed by atoms with E-state index in [2.05, 4.69) is 15.0 Å². The van der Waals surface area contributed by atoms with Crippen LogP contribution in [0.25, 0.3) is 22.3 Å². The van der Waals surface area contributed by atoms with Crippen LogP contribution in [0.4, 0.5) is 16.2 Å². The number of benzene rings is 1. The Balaban J connectivity index is 2.35. The summed E-state index contributed by atoms with van der Waals surface area (Å²) in [5.74, 6) is -0.280. The molecule has 0 aliphatic heterocycles. The third-order valence-electron chi connectivity index (χ3n) is 3.11. The molecule has 106 valence electrons. The number of nitrogens with zero attached hydrogens (tertiary/aromatic N) is 3. The monoisotopic (exact) mass is 285 g/mol. The van der Waals surface area contributed by atoms with Gasteiger partial charge in [0.25, 0.3) is 0 Å². The Kier molecular flexibility index (Phi) is 3.11. The Morgan fingerprint density at radius 2 is 1.86 bits per heavy atom. The molecule has 3 aromatic rings. The van der Waals surface area contributed by atoms with E-state index in [4.69, 9.17) is 11.5 Å². The number of fused-ring (bicyclic) bond motifs is 1. The molecular formula is C14H12FN5O. The van der Waals surface area contributed by atoms with Gasteiger partial charge in [-0.25, -0.2) is 9.37 Å². The maximum Gasteiger partial charge on any atom is 0.224 e. The molecule has 1 aromatic carbocycles. The number of nitrogen functional groups attached to an aromatic ring is 2. The van der Waals surface area contributed by atoms with E-state index in [1.54, 1.807) is 24.3 Å². The van der Waals surface area contributed by atoms with Gasteiger partial charge < -0.3 is 16.6 Å². The molecule has 0 unspecified atom stereocenters. The first kappa shape index (κ1) is 13.2. The zero-order valence-electron chi connectivity index (χ0n) is 10.9. The van der Waals surface area contributed by atoms with Crippen molar-refractivity contribution in [2.75, 3.05) is 11.5 Å². The number of hydrogen-bond donors (Lipinski definition) is 3. The summed E-state index contributed by atoms with van der Waals surface area (Å²) in [4.78, 5) is 12.1. The van der Waals surface area contributed by atoms with Gasteiger partial charge in [-0.1, -0.05) is 12.1 Å². The largest absolute Gasteiger partial charge is 0.392 e. The number of anilines is 2. The molecule has 5 N–H and O–H groups in total. The van der Waals surface area contributed by atoms with Crippen molar-refractivity contribution in [3.05, 3.63) is 41.7 Å². The Morgan fingerprint density at radius 1 is 1.10 bits per heavy atom. The number of aliphatic hydroxyl groups is 1. The van der Waals surface area contributed by atoms with E-state index in [1.807, 2.05) is 0 Å². The second-order valence-corrected chi connectivity index (χ2v) is 4.47. The topological polar surface area (TPSA) is 111 Å². The van der Waals surface area contributed by atoms with E-state index < -0.39 is 5.82 Å². The molecule has 2 aromatic heterocycles. The smallest absolute Gasteiger partial charge is 0.224 e. The second-order valence-electron chi connectivity index (χ2n) is 4.47. The Hall–Kier alpha value is -2.80. The van der Waals surface area contributed by atoms with Crippen LogP contribution in [0.5, 0.6) is 0 Å². The highest BCUT2D eigenvalue weighted by molar-refractivity contribution is 5.89. The van der Waals surface area contributed by atoms with Gasteiger partial charge in [0.2, 0.25) is 5.95 Å². The first-order valence-electron chi connectivity index (χ1n) is 6.18. The van der Waals surface area contributed by atoms with E-state index in [0.717, 1.165) is 0 Å². The Labute approximate surface area is 119 Å². The third-order valence-corrected chi connectivity index (χ3v) is 3.11. The molecule has 0 atom stereocenters. The second kappa shape index (κ2) is 4.95. The summed E-state index contributed by atoms with van der Waals surface area (Å²) in [5.41, 5.74) is 12.6. The molecular weight excluding hydrogens is 273 g/mol. The van der Waals surface area contributed by atoms with Gasteiger partial charge in [-0.3, -0.25) is 0 Å². The summed E-state index contributed by atoms with van der Waals surface area (Å²) >= 11 is 0. The zero-order chi connectivity index (χ0) is 15.0. The first-order valence-corrected chi connectivity index (χ1v) is 6.18. The quantitative estimate of drug-likeness (QED) is 0.657. The molecule has 0 aliphatic rings. The lowest BCUT2D eigenvalue weighted by atomic mass is 10.0. The molecule has 0 bridgehead atoms. The van der Waals surface area contributed by atoms with Crippen molar-refractivity contribution >= 4 is 22.8 Å². The van der Waals surface area contributed by atoms with Crippen LogP contribution in [0.2, 0.25) is 0 Å². The summed E-state index contributed by atoms with van der Waals surface area (Å²) in [7, 11) is 0. The molecule has 2 heterocycles. The number of aromatic nitrogens is 3. The van der Waals surface area contributed by atoms with Gasteiger partial charge in [0, 0.05) is 11.1 Å². The van der Waals surface area contributed by atoms with Gasteiger partial charge in [0.05, 0.1) is 17.7 Å². The van der Waals surface area contributed by atoms with Crippen LogP contribution < -0.4 is 11.5 Å². The van der Waals surface area contributed by atoms with Crippen molar-refractivity contribution in [3.8, 4) is 11.3 Å². The van der Waals surface area contributed by atoms with Crippen LogP contribution in [0.1, 0.15) is 5.56 Å². The highest BCUT2D eigenvalue weighted by atomic mass is 19.1. The molecule has 3 rings (SSSR count). The van der Waals surface area contributed by atoms with E-state index in [1.165, 1.54) is 6.07 Å². The minimum atomic E-state index is -0.436. The number of pyridine rings is 1. The number of aliphatic hydroxyl groups excluding tert-OH is 1. The number of nitrogens with two attached hydrogens (primary N) is 2. The molecule has 0 radical (unpaired) electrons. The molecule has 0 saturated heterocycles. The van der Waals surface area contributed by atoms with Gasteiger partial charge in [0.1, 0.15) is 11.6 Å². The van der Waals surface area contributed by atoms with Gasteiger partial charge in [-0.05, 0) is 18.2 Å². The van der Waals surface area contributed by atoms with Crippen molar-refractivity contribution in [2.24, 2.45) is 0 Å². The predicted molar refractivity (Wildman–Crippen MR) is 77.5 cm³/mol. The van der Waals surface area contributed by atoms with E-state index in [-0.39, 0.29) is 29.6 Å². The van der Waals surface area contributed by atoms with Gasteiger partial charge in [-0.15, -0.1) is 0 Å². The average molecular weight is 285 g/mol. The van der Waals surface area contributed by atoms with Crippen LogP contribution in [0.3, 0.4) is 0 Å². The van der Waals surface area contributed by atoms with Crippen LogP contribution in [-0.4, -0.2) is 20.1 Å². The lowest BCUT2D eigenvalue weighted by Gasteiger charge is -2.10. The number of halogens is 1. The van der Waals surface area contributed by atoms with E-state index in [9.17, 15) is 9.50 Å². The van der Waals surface area contributed by atoms with Crippen molar-refractivity contribution in [2.45, 2.75) is 6.61 Å². The van der Waals surface area contributed by atoms with Crippen LogP contribution in [-0.2, 0) is 6.61 Å². The fourth-order valence-corrected chi connectivity index (χ4v) is 2.14. The molecule has 6 nitrogen and oxygen atoms in total. The van der Waals surface area contributed by atoms with E-state index >= 15 is 0 Å². The highest BCUT2D eigenvalue weighted by Gasteiger charge is 2.15. The maximum absolute atomic E-state index is 13.9. The minimum absolute atomic E-state index is 0.0104. The van der Waals surface area contributed by atoms with Crippen LogP contribution in [0, 0.1) is 5.82 Å². The van der Waals surface area contributed by atoms with Crippen molar-refractivity contribution in [1.82, 2.24) is 15.0 Å². The lowest BCUT2D eigenvalue weighted by Crippen LogP contribution is -2.04. The summed E-state index contributed by atoms with van der Waals surface area (Å²) in [6.07, 6.45) is 0. The molecule has 0 saturated carbocycles. The molecule has 0 amide bonds. The molecule has 0 aliphatic carbocycles. The first-order chi connectivity index (χ1) is 10.1. The van der Waals surface area contributed by atoms with Crippen LogP contribution >= 0.6 is 0 Å². The predicted octanol–water partition coefficient (Wildman–Crippen LogP) is 1.49. The third kappa shape index (κ3) is 2.23. The fourth-order valence-electron chi connectivity index (χ4n) is 2.14. The molecule has 21 heavy (non-hydrogen) atoms. The molecule has 7 heteroatoms. The van der Waals surface area contributed by atoms with Gasteiger partial charge >= 0.3 is 0 Å². The fraction of sp³-hybridized carbons (Fsp3) is 0.0714. The minimum Gasteiger partial charge on any atom is -0.392 e. The molecule has 0 fully saturated rings. The number of rotatable bonds is 2. The summed E-state index contributed by atoms with van der Waals surface area (Å²) < 4.78 is 13.9. The Bertz CT molecular complexity index is 837. The van der Waals surface area contributed by atoms with Crippen molar-refractivity contribution < 1.29 is 9.50 Å². The van der Waals surface area contributed by atoms with E-state index in [0.29, 0.717) is 16.6 Å². The highest BCUT2D eigenvalue weighted by Crippen LogP contribution is 2.28. The standard InChI is InChI=1S/C14H12FN5O/c15-10-4-2-1-3-8(10)11-7(6-21)5-9-12(16)19-14(17)20-13(9)18-11/h1-5,21H,6H2,(H4,16,17,18,19,20). The SMILES string of the molecule is Nc1nc(N)c2cc(CO)c(-c3ccccc3F)nc2n1. The van der Waals surface area contributed by atoms with Crippen molar-refractivity contribution in [3.63, 3.8) is 0 Å². The Morgan fingerprint density at radius 3 is 2.57 bits per heavy atom. The van der Waals surface area contributed by atoms with Gasteiger partial charge in [0.15, 0.2) is 5.65 Å². The normalized spacial score (nSPS) is 11.0. The van der Waals surface area contributed by atoms with Crippen LogP contribution in [0.15, 0.2) is 30.3 Å². The lowest BCUT2D eigenvalue weighted by molar-refractivity contribution is 0.282. The van der Waals surface area contributed by atoms with Crippen molar-refractivity contribution in [1.29, 1.82) is 0 Å². The maximum atomic E-state index is 13.9. The summed E-state index contributed by atoms with van der Waals surface area (Å²) in [5, 5.41) is 9.97. The summed E-state index contributed by atoms with van der Waals surface area (Å²) in [6, 6.07) is 7.77. The zero-order valence-corrected chi connectivity index (χ0v) is 10.9. The average Bonchev–Trinajstić information content (AvgIpc) is 2.46.